The lowest BCUT2D eigenvalue weighted by molar-refractivity contribution is -0.138. The Kier molecular flexibility index (Phi) is 4.28. The molecule has 0 radical (unpaired) electrons. The molecule has 0 aliphatic heterocycles. The molecule has 0 spiro atoms. The Morgan fingerprint density at radius 3 is 2.50 bits per heavy atom. The van der Waals surface area contributed by atoms with Crippen molar-refractivity contribution < 1.29 is 14.3 Å². The number of hydrogen-bond acceptors (Lipinski definition) is 2. The summed E-state index contributed by atoms with van der Waals surface area (Å²) < 4.78 is 13.6. The Hall–Kier alpha value is -1.58. The van der Waals surface area contributed by atoms with Crippen LogP contribution in [0.15, 0.2) is 24.3 Å². The van der Waals surface area contributed by atoms with Gasteiger partial charge >= 0.3 is 5.97 Å². The second-order valence-corrected chi connectivity index (χ2v) is 3.50. The first-order valence-corrected chi connectivity index (χ1v) is 5.35. The molecular weight excluding hydrogens is 209 g/mol. The molecule has 1 N–H and O–H groups in total. The van der Waals surface area contributed by atoms with Gasteiger partial charge in [-0.1, -0.05) is 19.1 Å². The lowest BCUT2D eigenvalue weighted by Gasteiger charge is -2.29. The number of hydrogen-bond donors (Lipinski definition) is 1. The fraction of sp³-hybridized carbons (Fsp3) is 0.417. The van der Waals surface area contributed by atoms with Crippen LogP contribution < -0.4 is 4.90 Å². The van der Waals surface area contributed by atoms with Crippen LogP contribution in [0.3, 0.4) is 0 Å². The van der Waals surface area contributed by atoms with Gasteiger partial charge in [0.25, 0.3) is 0 Å². The highest BCUT2D eigenvalue weighted by molar-refractivity contribution is 5.78. The number of benzene rings is 1. The number of carbonyl (C=O) groups is 1. The van der Waals surface area contributed by atoms with E-state index in [0.717, 1.165) is 0 Å². The van der Waals surface area contributed by atoms with E-state index >= 15 is 0 Å². The SMILES string of the molecule is CC[C@H](C(=O)O)N(CC)c1ccccc1F. The minimum absolute atomic E-state index is 0.347. The van der Waals surface area contributed by atoms with Crippen LogP contribution in [0.2, 0.25) is 0 Å². The van der Waals surface area contributed by atoms with E-state index in [2.05, 4.69) is 0 Å². The Balaban J connectivity index is 3.06. The predicted octanol–water partition coefficient (Wildman–Crippen LogP) is 2.52. The first-order chi connectivity index (χ1) is 7.61. The number of likely N-dealkylation sites (N-methyl/N-ethyl adjacent to an activating group) is 1. The van der Waals surface area contributed by atoms with Gasteiger partial charge in [0.05, 0.1) is 5.69 Å². The molecule has 1 aromatic carbocycles. The van der Waals surface area contributed by atoms with E-state index in [-0.39, 0.29) is 5.82 Å². The second-order valence-electron chi connectivity index (χ2n) is 3.50. The number of carboxylic acid groups (broad SMARTS) is 1. The monoisotopic (exact) mass is 225 g/mol. The van der Waals surface area contributed by atoms with E-state index in [1.54, 1.807) is 30.0 Å². The lowest BCUT2D eigenvalue weighted by Crippen LogP contribution is -2.41. The third kappa shape index (κ3) is 2.51. The highest BCUT2D eigenvalue weighted by Gasteiger charge is 2.24. The largest absolute Gasteiger partial charge is 0.480 e. The predicted molar refractivity (Wildman–Crippen MR) is 61.1 cm³/mol. The van der Waals surface area contributed by atoms with Gasteiger partial charge in [0.2, 0.25) is 0 Å². The topological polar surface area (TPSA) is 40.5 Å². The van der Waals surface area contributed by atoms with Gasteiger partial charge in [0.1, 0.15) is 11.9 Å². The molecule has 1 rings (SSSR count). The van der Waals surface area contributed by atoms with Gasteiger partial charge < -0.3 is 10.0 Å². The fourth-order valence-electron chi connectivity index (χ4n) is 1.77. The van der Waals surface area contributed by atoms with Gasteiger partial charge in [-0.2, -0.15) is 0 Å². The number of para-hydroxylation sites is 1. The van der Waals surface area contributed by atoms with E-state index in [0.29, 0.717) is 18.7 Å². The molecule has 0 aliphatic rings. The van der Waals surface area contributed by atoms with Gasteiger partial charge in [-0.25, -0.2) is 9.18 Å². The molecule has 1 aromatic rings. The molecule has 0 saturated heterocycles. The summed E-state index contributed by atoms with van der Waals surface area (Å²) in [7, 11) is 0. The molecule has 88 valence electrons. The maximum atomic E-state index is 13.6. The molecule has 0 bridgehead atoms. The number of halogens is 1. The van der Waals surface area contributed by atoms with Gasteiger partial charge in [0.15, 0.2) is 0 Å². The zero-order chi connectivity index (χ0) is 12.1. The van der Waals surface area contributed by atoms with Crippen LogP contribution in [-0.4, -0.2) is 23.7 Å². The van der Waals surface area contributed by atoms with Crippen LogP contribution >= 0.6 is 0 Å². The average Bonchev–Trinajstić information content (AvgIpc) is 2.26. The van der Waals surface area contributed by atoms with Gasteiger partial charge in [0, 0.05) is 6.54 Å². The molecule has 0 heterocycles. The summed E-state index contributed by atoms with van der Waals surface area (Å²) in [6.07, 6.45) is 0.442. The van der Waals surface area contributed by atoms with E-state index < -0.39 is 12.0 Å². The van der Waals surface area contributed by atoms with Crippen molar-refractivity contribution in [1.29, 1.82) is 0 Å². The highest BCUT2D eigenvalue weighted by Crippen LogP contribution is 2.22. The quantitative estimate of drug-likeness (QED) is 0.837. The molecule has 0 aliphatic carbocycles. The fourth-order valence-corrected chi connectivity index (χ4v) is 1.77. The van der Waals surface area contributed by atoms with E-state index in [4.69, 9.17) is 5.11 Å². The van der Waals surface area contributed by atoms with Crippen molar-refractivity contribution in [3.8, 4) is 0 Å². The summed E-state index contributed by atoms with van der Waals surface area (Å²) in [5.41, 5.74) is 0.347. The van der Waals surface area contributed by atoms with Gasteiger partial charge in [-0.15, -0.1) is 0 Å². The minimum Gasteiger partial charge on any atom is -0.480 e. The molecule has 1 atom stereocenters. The first-order valence-electron chi connectivity index (χ1n) is 5.35. The molecule has 0 fully saturated rings. The van der Waals surface area contributed by atoms with Crippen molar-refractivity contribution in [3.63, 3.8) is 0 Å². The second kappa shape index (κ2) is 5.49. The Morgan fingerprint density at radius 2 is 2.06 bits per heavy atom. The molecule has 3 nitrogen and oxygen atoms in total. The van der Waals surface area contributed by atoms with Crippen molar-refractivity contribution >= 4 is 11.7 Å². The maximum absolute atomic E-state index is 13.6. The lowest BCUT2D eigenvalue weighted by atomic mass is 10.1. The van der Waals surface area contributed by atoms with E-state index in [1.165, 1.54) is 6.07 Å². The Labute approximate surface area is 94.5 Å². The molecule has 0 unspecified atom stereocenters. The van der Waals surface area contributed by atoms with E-state index in [1.807, 2.05) is 6.92 Å². The van der Waals surface area contributed by atoms with Crippen molar-refractivity contribution in [2.24, 2.45) is 0 Å². The van der Waals surface area contributed by atoms with Crippen molar-refractivity contribution in [3.05, 3.63) is 30.1 Å². The Morgan fingerprint density at radius 1 is 1.44 bits per heavy atom. The summed E-state index contributed by atoms with van der Waals surface area (Å²) in [6, 6.07) is 5.56. The number of rotatable bonds is 5. The summed E-state index contributed by atoms with van der Waals surface area (Å²) >= 11 is 0. The van der Waals surface area contributed by atoms with Crippen LogP contribution in [0.4, 0.5) is 10.1 Å². The van der Waals surface area contributed by atoms with Crippen LogP contribution in [0.1, 0.15) is 20.3 Å². The first kappa shape index (κ1) is 12.5. The standard InChI is InChI=1S/C12H16FNO2/c1-3-10(12(15)16)14(4-2)11-8-6-5-7-9(11)13/h5-8,10H,3-4H2,1-2H3,(H,15,16)/t10-/m1/s1. The van der Waals surface area contributed by atoms with Crippen LogP contribution in [0.5, 0.6) is 0 Å². The van der Waals surface area contributed by atoms with Gasteiger partial charge in [-0.05, 0) is 25.5 Å². The zero-order valence-electron chi connectivity index (χ0n) is 9.48. The third-order valence-corrected chi connectivity index (χ3v) is 2.55. The van der Waals surface area contributed by atoms with Crippen molar-refractivity contribution in [2.45, 2.75) is 26.3 Å². The Bertz CT molecular complexity index is 368. The van der Waals surface area contributed by atoms with Crippen LogP contribution in [-0.2, 0) is 4.79 Å². The summed E-state index contributed by atoms with van der Waals surface area (Å²) in [6.45, 7) is 4.06. The summed E-state index contributed by atoms with van der Waals surface area (Å²) in [5, 5.41) is 9.06. The third-order valence-electron chi connectivity index (χ3n) is 2.55. The number of carboxylic acids is 1. The molecule has 16 heavy (non-hydrogen) atoms. The summed E-state index contributed by atoms with van der Waals surface area (Å²) in [5.74, 6) is -1.31. The van der Waals surface area contributed by atoms with Crippen LogP contribution in [0.25, 0.3) is 0 Å². The number of aliphatic carboxylic acids is 1. The smallest absolute Gasteiger partial charge is 0.326 e. The molecule has 0 saturated carbocycles. The van der Waals surface area contributed by atoms with E-state index in [9.17, 15) is 9.18 Å². The molecular formula is C12H16FNO2. The van der Waals surface area contributed by atoms with Gasteiger partial charge in [-0.3, -0.25) is 0 Å². The minimum atomic E-state index is -0.924. The maximum Gasteiger partial charge on any atom is 0.326 e. The average molecular weight is 225 g/mol. The van der Waals surface area contributed by atoms with Crippen LogP contribution in [0, 0.1) is 5.82 Å². The van der Waals surface area contributed by atoms with Crippen molar-refractivity contribution in [1.82, 2.24) is 0 Å². The van der Waals surface area contributed by atoms with Crippen molar-refractivity contribution in [2.75, 3.05) is 11.4 Å². The number of nitrogens with zero attached hydrogens (tertiary/aromatic N) is 1. The zero-order valence-corrected chi connectivity index (χ0v) is 9.48. The highest BCUT2D eigenvalue weighted by atomic mass is 19.1. The normalized spacial score (nSPS) is 12.2. The molecule has 4 heteroatoms. The summed E-state index contributed by atoms with van der Waals surface area (Å²) in [4.78, 5) is 12.6. The molecule has 0 aromatic heterocycles. The molecule has 0 amide bonds. The number of anilines is 1.